The number of carbonyl (C=O) groups excluding carboxylic acids is 1. The van der Waals surface area contributed by atoms with Crippen molar-refractivity contribution in [3.63, 3.8) is 0 Å². The summed E-state index contributed by atoms with van der Waals surface area (Å²) in [5, 5.41) is 12.6. The van der Waals surface area contributed by atoms with Gasteiger partial charge in [-0.25, -0.2) is 0 Å². The molecule has 7 heteroatoms. The largest absolute Gasteiger partial charge is 0.352 e. The zero-order valence-corrected chi connectivity index (χ0v) is 19.1. The van der Waals surface area contributed by atoms with Crippen LogP contribution in [0.15, 0.2) is 53.9 Å². The molecule has 162 valence electrons. The number of para-hydroxylation sites is 1. The van der Waals surface area contributed by atoms with Crippen LogP contribution in [0.1, 0.15) is 45.1 Å². The number of thioether (sulfide) groups is 1. The second kappa shape index (κ2) is 9.64. The van der Waals surface area contributed by atoms with E-state index in [1.165, 1.54) is 31.0 Å². The quantitative estimate of drug-likeness (QED) is 0.562. The van der Waals surface area contributed by atoms with Gasteiger partial charge in [0.2, 0.25) is 5.91 Å². The molecule has 3 unspecified atom stereocenters. The predicted molar refractivity (Wildman–Crippen MR) is 124 cm³/mol. The van der Waals surface area contributed by atoms with Gasteiger partial charge in [0.05, 0.1) is 10.9 Å². The predicted octanol–water partition coefficient (Wildman–Crippen LogP) is 4.81. The van der Waals surface area contributed by atoms with Crippen molar-refractivity contribution in [3.05, 3.63) is 54.4 Å². The number of rotatable bonds is 6. The summed E-state index contributed by atoms with van der Waals surface area (Å²) in [5.74, 6) is 1.31. The van der Waals surface area contributed by atoms with E-state index in [0.29, 0.717) is 11.1 Å². The van der Waals surface area contributed by atoms with Crippen LogP contribution in [0.25, 0.3) is 17.1 Å². The molecule has 1 aliphatic rings. The van der Waals surface area contributed by atoms with Crippen LogP contribution in [0.5, 0.6) is 0 Å². The topological polar surface area (TPSA) is 72.7 Å². The maximum absolute atomic E-state index is 13.0. The number of aromatic nitrogens is 4. The number of nitrogens with zero attached hydrogens (tertiary/aromatic N) is 4. The number of carbonyl (C=O) groups is 1. The van der Waals surface area contributed by atoms with Crippen molar-refractivity contribution >= 4 is 17.7 Å². The van der Waals surface area contributed by atoms with Gasteiger partial charge in [0, 0.05) is 24.0 Å². The summed E-state index contributed by atoms with van der Waals surface area (Å²) in [6, 6.07) is 12.3. The fraction of sp³-hybridized carbons (Fsp3) is 0.417. The van der Waals surface area contributed by atoms with E-state index in [4.69, 9.17) is 0 Å². The first-order valence-electron chi connectivity index (χ1n) is 10.9. The summed E-state index contributed by atoms with van der Waals surface area (Å²) >= 11 is 1.44. The Morgan fingerprint density at radius 1 is 1.16 bits per heavy atom. The summed E-state index contributed by atoms with van der Waals surface area (Å²) in [5.41, 5.74) is 3.00. The molecule has 3 atom stereocenters. The molecule has 0 radical (unpaired) electrons. The molecule has 1 N–H and O–H groups in total. The highest BCUT2D eigenvalue weighted by molar-refractivity contribution is 8.00. The molecule has 1 aliphatic carbocycles. The molecule has 0 saturated heterocycles. The minimum atomic E-state index is -0.275. The minimum Gasteiger partial charge on any atom is -0.352 e. The lowest BCUT2D eigenvalue weighted by Gasteiger charge is -2.30. The highest BCUT2D eigenvalue weighted by atomic mass is 32.2. The first kappa shape index (κ1) is 21.6. The van der Waals surface area contributed by atoms with Crippen molar-refractivity contribution < 1.29 is 4.79 Å². The number of hydrogen-bond donors (Lipinski definition) is 1. The third-order valence-electron chi connectivity index (χ3n) is 6.00. The van der Waals surface area contributed by atoms with Crippen molar-refractivity contribution in [2.75, 3.05) is 0 Å². The number of nitrogens with one attached hydrogen (secondary N) is 1. The van der Waals surface area contributed by atoms with Crippen LogP contribution in [0.3, 0.4) is 0 Å². The van der Waals surface area contributed by atoms with Crippen molar-refractivity contribution in [1.82, 2.24) is 25.1 Å². The summed E-state index contributed by atoms with van der Waals surface area (Å²) in [6.07, 6.45) is 8.22. The van der Waals surface area contributed by atoms with Crippen molar-refractivity contribution in [1.29, 1.82) is 0 Å². The van der Waals surface area contributed by atoms with Crippen LogP contribution >= 0.6 is 11.8 Å². The number of amides is 1. The lowest BCUT2D eigenvalue weighted by atomic mass is 9.86. The van der Waals surface area contributed by atoms with E-state index in [-0.39, 0.29) is 17.2 Å². The maximum Gasteiger partial charge on any atom is 0.233 e. The Bertz CT molecular complexity index is 1040. The molecule has 1 amide bonds. The lowest BCUT2D eigenvalue weighted by molar-refractivity contribution is -0.121. The van der Waals surface area contributed by atoms with Crippen LogP contribution in [0.2, 0.25) is 0 Å². The minimum absolute atomic E-state index is 0.0611. The van der Waals surface area contributed by atoms with Gasteiger partial charge in [-0.1, -0.05) is 49.7 Å². The third-order valence-corrected chi connectivity index (χ3v) is 7.04. The Morgan fingerprint density at radius 2 is 1.97 bits per heavy atom. The van der Waals surface area contributed by atoms with E-state index in [9.17, 15) is 4.79 Å². The molecule has 2 heterocycles. The van der Waals surface area contributed by atoms with Crippen molar-refractivity contribution in [2.45, 2.75) is 62.9 Å². The van der Waals surface area contributed by atoms with Gasteiger partial charge in [-0.05, 0) is 56.4 Å². The summed E-state index contributed by atoms with van der Waals surface area (Å²) < 4.78 is 2.03. The van der Waals surface area contributed by atoms with E-state index in [1.54, 1.807) is 12.4 Å². The third kappa shape index (κ3) is 4.82. The summed E-state index contributed by atoms with van der Waals surface area (Å²) in [6.45, 7) is 6.24. The second-order valence-corrected chi connectivity index (χ2v) is 9.61. The fourth-order valence-electron chi connectivity index (χ4n) is 4.10. The van der Waals surface area contributed by atoms with E-state index in [1.807, 2.05) is 35.8 Å². The monoisotopic (exact) mass is 435 g/mol. The molecule has 4 rings (SSSR count). The molecule has 1 saturated carbocycles. The number of pyridine rings is 1. The maximum atomic E-state index is 13.0. The van der Waals surface area contributed by atoms with Gasteiger partial charge in [0.15, 0.2) is 11.0 Å². The van der Waals surface area contributed by atoms with Gasteiger partial charge in [-0.15, -0.1) is 10.2 Å². The fourth-order valence-corrected chi connectivity index (χ4v) is 4.97. The Labute approximate surface area is 187 Å². The van der Waals surface area contributed by atoms with Gasteiger partial charge < -0.3 is 5.32 Å². The number of hydrogen-bond acceptors (Lipinski definition) is 5. The molecular formula is C24H29N5OS. The highest BCUT2D eigenvalue weighted by Gasteiger charge is 2.27. The number of benzene rings is 1. The normalized spacial score (nSPS) is 19.7. The van der Waals surface area contributed by atoms with Gasteiger partial charge in [-0.2, -0.15) is 0 Å². The summed E-state index contributed by atoms with van der Waals surface area (Å²) in [4.78, 5) is 17.2. The SMILES string of the molecule is Cc1ccccc1-n1c(SC(C)C(=O)NC2CCCCC2C)nnc1-c1cccnc1. The van der Waals surface area contributed by atoms with Crippen molar-refractivity contribution in [3.8, 4) is 17.1 Å². The highest BCUT2D eigenvalue weighted by Crippen LogP contribution is 2.31. The first-order valence-corrected chi connectivity index (χ1v) is 11.8. The molecule has 0 aliphatic heterocycles. The average molecular weight is 436 g/mol. The Kier molecular flexibility index (Phi) is 6.70. The standard InChI is InChI=1S/C24H29N5OS/c1-16-9-4-6-12-20(16)26-23(30)18(3)31-24-28-27-22(19-11-8-14-25-15-19)29(24)21-13-7-5-10-17(21)2/h5,7-8,10-11,13-16,18,20H,4,6,9,12H2,1-3H3,(H,26,30). The molecule has 1 fully saturated rings. The zero-order chi connectivity index (χ0) is 21.8. The van der Waals surface area contributed by atoms with Crippen LogP contribution in [0.4, 0.5) is 0 Å². The molecule has 2 aromatic heterocycles. The Morgan fingerprint density at radius 3 is 2.71 bits per heavy atom. The Balaban J connectivity index is 1.61. The van der Waals surface area contributed by atoms with Crippen LogP contribution in [0, 0.1) is 12.8 Å². The smallest absolute Gasteiger partial charge is 0.233 e. The van der Waals surface area contributed by atoms with E-state index in [2.05, 4.69) is 46.5 Å². The molecule has 1 aromatic carbocycles. The lowest BCUT2D eigenvalue weighted by Crippen LogP contribution is -2.44. The average Bonchev–Trinajstić information content (AvgIpc) is 3.19. The molecule has 6 nitrogen and oxygen atoms in total. The second-order valence-electron chi connectivity index (χ2n) is 8.31. The number of aryl methyl sites for hydroxylation is 1. The van der Waals surface area contributed by atoms with Crippen LogP contribution < -0.4 is 5.32 Å². The van der Waals surface area contributed by atoms with E-state index in [0.717, 1.165) is 29.1 Å². The van der Waals surface area contributed by atoms with Gasteiger partial charge in [0.25, 0.3) is 0 Å². The van der Waals surface area contributed by atoms with E-state index >= 15 is 0 Å². The molecule has 3 aromatic rings. The summed E-state index contributed by atoms with van der Waals surface area (Å²) in [7, 11) is 0. The van der Waals surface area contributed by atoms with Gasteiger partial charge >= 0.3 is 0 Å². The molecule has 31 heavy (non-hydrogen) atoms. The van der Waals surface area contributed by atoms with Gasteiger partial charge in [0.1, 0.15) is 0 Å². The van der Waals surface area contributed by atoms with Crippen molar-refractivity contribution in [2.24, 2.45) is 5.92 Å². The zero-order valence-electron chi connectivity index (χ0n) is 18.3. The Hall–Kier alpha value is -2.67. The van der Waals surface area contributed by atoms with Crippen LogP contribution in [-0.2, 0) is 4.79 Å². The molecule has 0 bridgehead atoms. The van der Waals surface area contributed by atoms with E-state index < -0.39 is 0 Å². The molecular weight excluding hydrogens is 406 g/mol. The van der Waals surface area contributed by atoms with Crippen LogP contribution in [-0.4, -0.2) is 36.9 Å². The first-order chi connectivity index (χ1) is 15.0. The molecule has 0 spiro atoms. The van der Waals surface area contributed by atoms with Gasteiger partial charge in [-0.3, -0.25) is 14.3 Å².